The van der Waals surface area contributed by atoms with Crippen molar-refractivity contribution in [2.45, 2.75) is 18.9 Å². The fourth-order valence-corrected chi connectivity index (χ4v) is 3.16. The van der Waals surface area contributed by atoms with E-state index in [0.29, 0.717) is 13.0 Å². The van der Waals surface area contributed by atoms with E-state index < -0.39 is 6.10 Å². The van der Waals surface area contributed by atoms with E-state index in [9.17, 15) is 5.11 Å². The van der Waals surface area contributed by atoms with Crippen LogP contribution < -0.4 is 9.47 Å². The second-order valence-electron chi connectivity index (χ2n) is 5.15. The smallest absolute Gasteiger partial charge is 0.128 e. The minimum absolute atomic E-state index is 0.552. The Morgan fingerprint density at radius 3 is 2.76 bits per heavy atom. The van der Waals surface area contributed by atoms with Crippen LogP contribution in [0.5, 0.6) is 11.5 Å². The molecule has 21 heavy (non-hydrogen) atoms. The molecule has 1 unspecified atom stereocenters. The van der Waals surface area contributed by atoms with Gasteiger partial charge in [0.05, 0.1) is 19.8 Å². The molecule has 2 aromatic carbocycles. The standard InChI is InChI=1S/C17H17BrO3/c1-20-14-4-2-11(3-5-14)8-16(19)15-10-13(18)9-12-6-7-21-17(12)15/h2-5,9-10,16,19H,6-8H2,1H3. The summed E-state index contributed by atoms with van der Waals surface area (Å²) in [5, 5.41) is 10.6. The summed E-state index contributed by atoms with van der Waals surface area (Å²) in [4.78, 5) is 0. The molecule has 0 amide bonds. The van der Waals surface area contributed by atoms with Crippen molar-refractivity contribution >= 4 is 15.9 Å². The van der Waals surface area contributed by atoms with Crippen LogP contribution in [-0.4, -0.2) is 18.8 Å². The number of halogens is 1. The number of hydrogen-bond donors (Lipinski definition) is 1. The molecule has 0 radical (unpaired) electrons. The van der Waals surface area contributed by atoms with Crippen molar-refractivity contribution in [1.29, 1.82) is 0 Å². The van der Waals surface area contributed by atoms with E-state index >= 15 is 0 Å². The molecule has 0 saturated heterocycles. The zero-order valence-corrected chi connectivity index (χ0v) is 13.4. The van der Waals surface area contributed by atoms with E-state index in [1.165, 1.54) is 0 Å². The van der Waals surface area contributed by atoms with Crippen molar-refractivity contribution in [3.63, 3.8) is 0 Å². The number of ether oxygens (including phenoxy) is 2. The van der Waals surface area contributed by atoms with Gasteiger partial charge in [-0.3, -0.25) is 0 Å². The molecular formula is C17H17BrO3. The molecule has 1 N–H and O–H groups in total. The van der Waals surface area contributed by atoms with E-state index in [2.05, 4.69) is 22.0 Å². The van der Waals surface area contributed by atoms with Crippen molar-refractivity contribution in [2.24, 2.45) is 0 Å². The number of hydrogen-bond acceptors (Lipinski definition) is 3. The molecule has 3 nitrogen and oxygen atoms in total. The lowest BCUT2D eigenvalue weighted by molar-refractivity contribution is 0.173. The Bertz CT molecular complexity index is 637. The van der Waals surface area contributed by atoms with E-state index in [0.717, 1.165) is 39.1 Å². The number of aliphatic hydroxyl groups is 1. The molecule has 0 spiro atoms. The van der Waals surface area contributed by atoms with Crippen molar-refractivity contribution in [3.8, 4) is 11.5 Å². The molecule has 0 aromatic heterocycles. The molecule has 0 fully saturated rings. The van der Waals surface area contributed by atoms with Gasteiger partial charge >= 0.3 is 0 Å². The highest BCUT2D eigenvalue weighted by atomic mass is 79.9. The molecule has 0 aliphatic carbocycles. The van der Waals surface area contributed by atoms with Gasteiger partial charge in [-0.15, -0.1) is 0 Å². The molecule has 0 saturated carbocycles. The average molecular weight is 349 g/mol. The van der Waals surface area contributed by atoms with Gasteiger partial charge in [0, 0.05) is 22.9 Å². The second-order valence-corrected chi connectivity index (χ2v) is 6.07. The summed E-state index contributed by atoms with van der Waals surface area (Å²) in [5.41, 5.74) is 3.08. The van der Waals surface area contributed by atoms with Crippen molar-refractivity contribution in [1.82, 2.24) is 0 Å². The maximum atomic E-state index is 10.6. The van der Waals surface area contributed by atoms with E-state index in [1.54, 1.807) is 7.11 Å². The molecule has 1 aliphatic rings. The first-order valence-electron chi connectivity index (χ1n) is 6.93. The first-order chi connectivity index (χ1) is 10.2. The predicted molar refractivity (Wildman–Crippen MR) is 85.0 cm³/mol. The van der Waals surface area contributed by atoms with Crippen LogP contribution in [-0.2, 0) is 12.8 Å². The predicted octanol–water partition coefficient (Wildman–Crippen LogP) is 3.67. The minimum atomic E-state index is -0.581. The summed E-state index contributed by atoms with van der Waals surface area (Å²) in [7, 11) is 1.64. The summed E-state index contributed by atoms with van der Waals surface area (Å²) in [5.74, 6) is 1.67. The van der Waals surface area contributed by atoms with Gasteiger partial charge in [0.2, 0.25) is 0 Å². The monoisotopic (exact) mass is 348 g/mol. The van der Waals surface area contributed by atoms with Crippen molar-refractivity contribution < 1.29 is 14.6 Å². The van der Waals surface area contributed by atoms with Crippen LogP contribution in [0.15, 0.2) is 40.9 Å². The fraction of sp³-hybridized carbons (Fsp3) is 0.294. The number of benzene rings is 2. The minimum Gasteiger partial charge on any atom is -0.497 e. The maximum Gasteiger partial charge on any atom is 0.128 e. The number of fused-ring (bicyclic) bond motifs is 1. The fourth-order valence-electron chi connectivity index (χ4n) is 2.64. The Hall–Kier alpha value is -1.52. The first-order valence-corrected chi connectivity index (χ1v) is 7.73. The summed E-state index contributed by atoms with van der Waals surface area (Å²) < 4.78 is 11.8. The number of aliphatic hydroxyl groups excluding tert-OH is 1. The van der Waals surface area contributed by atoms with Gasteiger partial charge in [-0.05, 0) is 35.4 Å². The molecule has 2 aromatic rings. The van der Waals surface area contributed by atoms with Crippen LogP contribution >= 0.6 is 15.9 Å². The summed E-state index contributed by atoms with van der Waals surface area (Å²) in [6.07, 6.45) is 0.871. The lowest BCUT2D eigenvalue weighted by atomic mass is 9.98. The molecule has 110 valence electrons. The molecule has 4 heteroatoms. The van der Waals surface area contributed by atoms with E-state index in [1.807, 2.05) is 30.3 Å². The summed E-state index contributed by atoms with van der Waals surface area (Å²) >= 11 is 3.51. The highest BCUT2D eigenvalue weighted by Gasteiger charge is 2.22. The van der Waals surface area contributed by atoms with Gasteiger partial charge in [-0.2, -0.15) is 0 Å². The van der Waals surface area contributed by atoms with Gasteiger partial charge in [0.1, 0.15) is 11.5 Å². The van der Waals surface area contributed by atoms with E-state index in [4.69, 9.17) is 9.47 Å². The van der Waals surface area contributed by atoms with Crippen LogP contribution in [0.25, 0.3) is 0 Å². The molecule has 0 bridgehead atoms. The molecule has 3 rings (SSSR count). The highest BCUT2D eigenvalue weighted by Crippen LogP contribution is 2.37. The Labute approximate surface area is 132 Å². The summed E-state index contributed by atoms with van der Waals surface area (Å²) in [6.45, 7) is 0.689. The van der Waals surface area contributed by atoms with Gasteiger partial charge in [0.15, 0.2) is 0 Å². The van der Waals surface area contributed by atoms with Crippen LogP contribution in [0.2, 0.25) is 0 Å². The molecular weight excluding hydrogens is 332 g/mol. The van der Waals surface area contributed by atoms with Crippen LogP contribution in [0, 0.1) is 0 Å². The SMILES string of the molecule is COc1ccc(CC(O)c2cc(Br)cc3c2OCC3)cc1. The van der Waals surface area contributed by atoms with Gasteiger partial charge in [0.25, 0.3) is 0 Å². The Morgan fingerprint density at radius 2 is 2.05 bits per heavy atom. The topological polar surface area (TPSA) is 38.7 Å². The lowest BCUT2D eigenvalue weighted by Gasteiger charge is -2.15. The van der Waals surface area contributed by atoms with Crippen LogP contribution in [0.1, 0.15) is 22.8 Å². The molecule has 1 aliphatic heterocycles. The van der Waals surface area contributed by atoms with Crippen LogP contribution in [0.4, 0.5) is 0 Å². The third kappa shape index (κ3) is 3.06. The third-order valence-corrected chi connectivity index (χ3v) is 4.18. The average Bonchev–Trinajstić information content (AvgIpc) is 2.95. The second kappa shape index (κ2) is 6.08. The maximum absolute atomic E-state index is 10.6. The lowest BCUT2D eigenvalue weighted by Crippen LogP contribution is -2.04. The largest absolute Gasteiger partial charge is 0.497 e. The molecule has 1 atom stereocenters. The van der Waals surface area contributed by atoms with Crippen LogP contribution in [0.3, 0.4) is 0 Å². The third-order valence-electron chi connectivity index (χ3n) is 3.72. The van der Waals surface area contributed by atoms with Gasteiger partial charge in [-0.25, -0.2) is 0 Å². The van der Waals surface area contributed by atoms with Crippen molar-refractivity contribution in [3.05, 3.63) is 57.6 Å². The first kappa shape index (κ1) is 14.4. The Balaban J connectivity index is 1.83. The Kier molecular flexibility index (Phi) is 4.17. The number of methoxy groups -OCH3 is 1. The normalized spacial score (nSPS) is 14.4. The summed E-state index contributed by atoms with van der Waals surface area (Å²) in [6, 6.07) is 11.8. The quantitative estimate of drug-likeness (QED) is 0.916. The Morgan fingerprint density at radius 1 is 1.29 bits per heavy atom. The zero-order valence-electron chi connectivity index (χ0n) is 11.8. The van der Waals surface area contributed by atoms with Crippen molar-refractivity contribution in [2.75, 3.05) is 13.7 Å². The zero-order chi connectivity index (χ0) is 14.8. The molecule has 1 heterocycles. The number of rotatable bonds is 4. The highest BCUT2D eigenvalue weighted by molar-refractivity contribution is 9.10. The van der Waals surface area contributed by atoms with Gasteiger partial charge in [-0.1, -0.05) is 28.1 Å². The van der Waals surface area contributed by atoms with Gasteiger partial charge < -0.3 is 14.6 Å². The van der Waals surface area contributed by atoms with E-state index in [-0.39, 0.29) is 0 Å².